The zero-order valence-corrected chi connectivity index (χ0v) is 14.5. The fourth-order valence-electron chi connectivity index (χ4n) is 2.84. The second kappa shape index (κ2) is 7.65. The maximum Gasteiger partial charge on any atom is 0.249 e. The Hall–Kier alpha value is -3.74. The summed E-state index contributed by atoms with van der Waals surface area (Å²) in [6.07, 6.45) is 8.73. The van der Waals surface area contributed by atoms with E-state index in [4.69, 9.17) is 0 Å². The molecule has 0 radical (unpaired) electrons. The molecule has 4 rings (SSSR count). The first-order valence-corrected chi connectivity index (χ1v) is 8.58. The molecule has 0 spiro atoms. The van der Waals surface area contributed by atoms with Gasteiger partial charge in [-0.1, -0.05) is 36.4 Å². The highest BCUT2D eigenvalue weighted by Gasteiger charge is 2.22. The Morgan fingerprint density at radius 2 is 1.78 bits per heavy atom. The van der Waals surface area contributed by atoms with E-state index in [1.165, 1.54) is 0 Å². The van der Waals surface area contributed by atoms with Crippen molar-refractivity contribution >= 4 is 5.91 Å². The Morgan fingerprint density at radius 3 is 2.44 bits per heavy atom. The highest BCUT2D eigenvalue weighted by atomic mass is 16.2. The summed E-state index contributed by atoms with van der Waals surface area (Å²) in [7, 11) is 0. The predicted molar refractivity (Wildman–Crippen MR) is 100 cm³/mol. The third kappa shape index (κ3) is 3.77. The molecular formula is C20H18N6O. The lowest BCUT2D eigenvalue weighted by atomic mass is 10.1. The molecule has 4 aromatic rings. The average Bonchev–Trinajstić information content (AvgIpc) is 3.42. The van der Waals surface area contributed by atoms with E-state index in [1.54, 1.807) is 40.2 Å². The monoisotopic (exact) mass is 358 g/mol. The van der Waals surface area contributed by atoms with E-state index in [-0.39, 0.29) is 5.91 Å². The second-order valence-electron chi connectivity index (χ2n) is 5.99. The first-order valence-electron chi connectivity index (χ1n) is 8.58. The van der Waals surface area contributed by atoms with Crippen molar-refractivity contribution in [1.29, 1.82) is 0 Å². The van der Waals surface area contributed by atoms with Gasteiger partial charge in [0.1, 0.15) is 0 Å². The van der Waals surface area contributed by atoms with Crippen LogP contribution in [0.5, 0.6) is 0 Å². The minimum atomic E-state index is -0.516. The van der Waals surface area contributed by atoms with E-state index >= 15 is 0 Å². The van der Waals surface area contributed by atoms with Gasteiger partial charge in [0.15, 0.2) is 11.9 Å². The van der Waals surface area contributed by atoms with Gasteiger partial charge in [-0.2, -0.15) is 10.2 Å². The lowest BCUT2D eigenvalue weighted by molar-refractivity contribution is -0.123. The molecule has 1 amide bonds. The number of pyridine rings is 1. The topological polar surface area (TPSA) is 77.6 Å². The van der Waals surface area contributed by atoms with Gasteiger partial charge in [-0.15, -0.1) is 0 Å². The van der Waals surface area contributed by atoms with Gasteiger partial charge in [-0.05, 0) is 29.3 Å². The van der Waals surface area contributed by atoms with Crippen molar-refractivity contribution in [3.8, 4) is 5.82 Å². The molecule has 3 heterocycles. The van der Waals surface area contributed by atoms with Gasteiger partial charge in [0.25, 0.3) is 0 Å². The second-order valence-corrected chi connectivity index (χ2v) is 5.99. The molecule has 7 nitrogen and oxygen atoms in total. The van der Waals surface area contributed by atoms with Crippen LogP contribution in [0.1, 0.15) is 17.2 Å². The average molecular weight is 358 g/mol. The lowest BCUT2D eigenvalue weighted by Crippen LogP contribution is -2.33. The predicted octanol–water partition coefficient (Wildman–Crippen LogP) is 2.37. The number of hydrogen-bond donors (Lipinski definition) is 1. The van der Waals surface area contributed by atoms with Crippen molar-refractivity contribution in [3.63, 3.8) is 0 Å². The summed E-state index contributed by atoms with van der Waals surface area (Å²) < 4.78 is 3.34. The molecule has 1 atom stereocenters. The van der Waals surface area contributed by atoms with Crippen molar-refractivity contribution in [3.05, 3.63) is 96.7 Å². The van der Waals surface area contributed by atoms with Gasteiger partial charge in [0.05, 0.1) is 0 Å². The molecule has 0 saturated heterocycles. The Morgan fingerprint density at radius 1 is 0.963 bits per heavy atom. The highest BCUT2D eigenvalue weighted by molar-refractivity contribution is 5.83. The summed E-state index contributed by atoms with van der Waals surface area (Å²) in [4.78, 5) is 17.2. The Bertz CT molecular complexity index is 979. The van der Waals surface area contributed by atoms with Crippen molar-refractivity contribution < 1.29 is 4.79 Å². The summed E-state index contributed by atoms with van der Waals surface area (Å²) in [6.45, 7) is 0.385. The Labute approximate surface area is 156 Å². The quantitative estimate of drug-likeness (QED) is 0.574. The number of amides is 1. The van der Waals surface area contributed by atoms with E-state index in [9.17, 15) is 4.79 Å². The third-order valence-electron chi connectivity index (χ3n) is 4.17. The molecular weight excluding hydrogens is 340 g/mol. The fourth-order valence-corrected chi connectivity index (χ4v) is 2.84. The number of carbonyl (C=O) groups excluding carboxylic acids is 1. The number of carbonyl (C=O) groups is 1. The number of aromatic nitrogens is 5. The van der Waals surface area contributed by atoms with E-state index in [1.807, 2.05) is 54.7 Å². The van der Waals surface area contributed by atoms with Crippen LogP contribution < -0.4 is 5.32 Å². The molecule has 134 valence electrons. The van der Waals surface area contributed by atoms with Crippen LogP contribution in [0.4, 0.5) is 0 Å². The molecule has 7 heteroatoms. The molecule has 0 aliphatic rings. The summed E-state index contributed by atoms with van der Waals surface area (Å²) in [5.74, 6) is 0.606. The SMILES string of the molecule is O=C(NCc1ccc(-n2cccn2)nc1)[C@@H](c1ccccc1)n1cccn1. The zero-order chi connectivity index (χ0) is 18.5. The van der Waals surface area contributed by atoms with Crippen molar-refractivity contribution in [1.82, 2.24) is 29.9 Å². The number of nitrogens with one attached hydrogen (secondary N) is 1. The third-order valence-corrected chi connectivity index (χ3v) is 4.17. The molecule has 0 bridgehead atoms. The minimum absolute atomic E-state index is 0.124. The number of benzene rings is 1. The zero-order valence-electron chi connectivity index (χ0n) is 14.5. The smallest absolute Gasteiger partial charge is 0.249 e. The fraction of sp³-hybridized carbons (Fsp3) is 0.100. The molecule has 0 aliphatic heterocycles. The molecule has 0 unspecified atom stereocenters. The standard InChI is InChI=1S/C20H18N6O/c27-20(19(26-13-5-11-24-26)17-6-2-1-3-7-17)22-15-16-8-9-18(21-14-16)25-12-4-10-23-25/h1-14,19H,15H2,(H,22,27)/t19-/m1/s1. The molecule has 0 saturated carbocycles. The van der Waals surface area contributed by atoms with Crippen LogP contribution >= 0.6 is 0 Å². The van der Waals surface area contributed by atoms with Gasteiger partial charge in [0, 0.05) is 37.5 Å². The first-order chi connectivity index (χ1) is 13.3. The first kappa shape index (κ1) is 16.7. The maximum absolute atomic E-state index is 12.9. The minimum Gasteiger partial charge on any atom is -0.350 e. The van der Waals surface area contributed by atoms with Crippen LogP contribution in [0.15, 0.2) is 85.6 Å². The van der Waals surface area contributed by atoms with Crippen molar-refractivity contribution in [2.24, 2.45) is 0 Å². The molecule has 1 aromatic carbocycles. The largest absolute Gasteiger partial charge is 0.350 e. The van der Waals surface area contributed by atoms with Crippen molar-refractivity contribution in [2.45, 2.75) is 12.6 Å². The highest BCUT2D eigenvalue weighted by Crippen LogP contribution is 2.17. The van der Waals surface area contributed by atoms with Crippen LogP contribution in [0, 0.1) is 0 Å². The Balaban J connectivity index is 1.47. The number of nitrogens with zero attached hydrogens (tertiary/aromatic N) is 5. The van der Waals surface area contributed by atoms with E-state index in [0.717, 1.165) is 16.9 Å². The summed E-state index contributed by atoms with van der Waals surface area (Å²) in [6, 6.07) is 16.5. The van der Waals surface area contributed by atoms with E-state index in [0.29, 0.717) is 6.54 Å². The number of rotatable bonds is 6. The van der Waals surface area contributed by atoms with Crippen LogP contribution in [-0.2, 0) is 11.3 Å². The number of hydrogen-bond acceptors (Lipinski definition) is 4. The van der Waals surface area contributed by atoms with Crippen molar-refractivity contribution in [2.75, 3.05) is 0 Å². The van der Waals surface area contributed by atoms with Gasteiger partial charge < -0.3 is 5.32 Å². The maximum atomic E-state index is 12.9. The lowest BCUT2D eigenvalue weighted by Gasteiger charge is -2.18. The van der Waals surface area contributed by atoms with Gasteiger partial charge >= 0.3 is 0 Å². The van der Waals surface area contributed by atoms with Crippen LogP contribution in [0.2, 0.25) is 0 Å². The van der Waals surface area contributed by atoms with E-state index in [2.05, 4.69) is 20.5 Å². The normalized spacial score (nSPS) is 11.9. The van der Waals surface area contributed by atoms with Crippen LogP contribution in [0.3, 0.4) is 0 Å². The summed E-state index contributed by atoms with van der Waals surface area (Å²) >= 11 is 0. The summed E-state index contributed by atoms with van der Waals surface area (Å²) in [5.41, 5.74) is 1.79. The van der Waals surface area contributed by atoms with Gasteiger partial charge in [-0.25, -0.2) is 9.67 Å². The van der Waals surface area contributed by atoms with E-state index < -0.39 is 6.04 Å². The van der Waals surface area contributed by atoms with Crippen LogP contribution in [0.25, 0.3) is 5.82 Å². The molecule has 3 aromatic heterocycles. The van der Waals surface area contributed by atoms with Gasteiger partial charge in [0.2, 0.25) is 5.91 Å². The van der Waals surface area contributed by atoms with Crippen LogP contribution in [-0.4, -0.2) is 30.5 Å². The Kier molecular flexibility index (Phi) is 4.74. The summed E-state index contributed by atoms with van der Waals surface area (Å²) in [5, 5.41) is 11.4. The van der Waals surface area contributed by atoms with Gasteiger partial charge in [-0.3, -0.25) is 9.48 Å². The molecule has 27 heavy (non-hydrogen) atoms. The molecule has 0 aliphatic carbocycles. The molecule has 1 N–H and O–H groups in total. The molecule has 0 fully saturated rings.